The number of nitrogens with zero attached hydrogens (tertiary/aromatic N) is 1. The van der Waals surface area contributed by atoms with Gasteiger partial charge in [0.15, 0.2) is 0 Å². The molecule has 4 rings (SSSR count). The molecular formula is C23H25NO5. The Kier molecular flexibility index (Phi) is 5.20. The minimum absolute atomic E-state index is 0.123. The fourth-order valence-electron chi connectivity index (χ4n) is 4.23. The Labute approximate surface area is 169 Å². The van der Waals surface area contributed by atoms with E-state index in [2.05, 4.69) is 4.90 Å². The number of aryl methyl sites for hydroxylation is 1. The van der Waals surface area contributed by atoms with Crippen LogP contribution in [0.25, 0.3) is 11.0 Å². The predicted molar refractivity (Wildman–Crippen MR) is 111 cm³/mol. The van der Waals surface area contributed by atoms with Gasteiger partial charge in [0.2, 0.25) is 0 Å². The topological polar surface area (TPSA) is 72.1 Å². The lowest BCUT2D eigenvalue weighted by atomic mass is 10.0. The van der Waals surface area contributed by atoms with Crippen molar-refractivity contribution in [3.8, 4) is 17.2 Å². The molecular weight excluding hydrogens is 370 g/mol. The third-order valence-corrected chi connectivity index (χ3v) is 5.75. The van der Waals surface area contributed by atoms with Crippen molar-refractivity contribution >= 4 is 11.0 Å². The Morgan fingerprint density at radius 3 is 2.76 bits per heavy atom. The number of fused-ring (bicyclic) bond motifs is 1. The fourth-order valence-corrected chi connectivity index (χ4v) is 4.23. The van der Waals surface area contributed by atoms with Gasteiger partial charge in [0, 0.05) is 35.2 Å². The SMILES string of the molecule is COc1ccc(OC)c([C@H]2CCCN2Cc2cc(=O)oc3c(C)c(O)ccc23)c1. The van der Waals surface area contributed by atoms with E-state index in [-0.39, 0.29) is 11.8 Å². The van der Waals surface area contributed by atoms with Crippen molar-refractivity contribution in [1.29, 1.82) is 0 Å². The largest absolute Gasteiger partial charge is 0.508 e. The third kappa shape index (κ3) is 3.56. The highest BCUT2D eigenvalue weighted by molar-refractivity contribution is 5.84. The standard InChI is InChI=1S/C23H25NO5/c1-14-20(25)8-7-17-15(11-22(26)29-23(14)17)13-24-10-4-5-19(24)18-12-16(27-2)6-9-21(18)28-3/h6-9,11-12,19,25H,4-5,10,13H2,1-3H3/t19-/m1/s1. The molecule has 29 heavy (non-hydrogen) atoms. The lowest BCUT2D eigenvalue weighted by Crippen LogP contribution is -2.24. The Morgan fingerprint density at radius 2 is 2.00 bits per heavy atom. The van der Waals surface area contributed by atoms with Crippen molar-refractivity contribution in [2.75, 3.05) is 20.8 Å². The van der Waals surface area contributed by atoms with Crippen LogP contribution < -0.4 is 15.1 Å². The van der Waals surface area contributed by atoms with Crippen molar-refractivity contribution in [3.05, 3.63) is 63.5 Å². The summed E-state index contributed by atoms with van der Waals surface area (Å²) in [5, 5.41) is 10.8. The quantitative estimate of drug-likeness (QED) is 0.654. The zero-order valence-corrected chi connectivity index (χ0v) is 16.9. The molecule has 6 heteroatoms. The molecule has 0 spiro atoms. The van der Waals surface area contributed by atoms with Gasteiger partial charge in [0.1, 0.15) is 22.8 Å². The van der Waals surface area contributed by atoms with Crippen LogP contribution in [0.1, 0.15) is 35.6 Å². The number of hydrogen-bond donors (Lipinski definition) is 1. The van der Waals surface area contributed by atoms with E-state index < -0.39 is 5.63 Å². The lowest BCUT2D eigenvalue weighted by Gasteiger charge is -2.27. The highest BCUT2D eigenvalue weighted by Gasteiger charge is 2.29. The lowest BCUT2D eigenvalue weighted by molar-refractivity contribution is 0.242. The number of benzene rings is 2. The Morgan fingerprint density at radius 1 is 1.17 bits per heavy atom. The first-order valence-corrected chi connectivity index (χ1v) is 9.73. The number of ether oxygens (including phenoxy) is 2. The highest BCUT2D eigenvalue weighted by atomic mass is 16.5. The van der Waals surface area contributed by atoms with Crippen molar-refractivity contribution in [3.63, 3.8) is 0 Å². The maximum atomic E-state index is 12.2. The molecule has 0 saturated carbocycles. The van der Waals surface area contributed by atoms with E-state index in [9.17, 15) is 9.90 Å². The zero-order chi connectivity index (χ0) is 20.5. The average molecular weight is 395 g/mol. The molecule has 0 aliphatic carbocycles. The second kappa shape index (κ2) is 7.79. The molecule has 1 N–H and O–H groups in total. The summed E-state index contributed by atoms with van der Waals surface area (Å²) in [4.78, 5) is 14.5. The van der Waals surface area contributed by atoms with Gasteiger partial charge in [-0.1, -0.05) is 0 Å². The van der Waals surface area contributed by atoms with E-state index in [1.54, 1.807) is 33.3 Å². The van der Waals surface area contributed by atoms with E-state index in [1.165, 1.54) is 0 Å². The second-order valence-electron chi connectivity index (χ2n) is 7.41. The first-order chi connectivity index (χ1) is 14.0. The van der Waals surface area contributed by atoms with Crippen LogP contribution >= 0.6 is 0 Å². The van der Waals surface area contributed by atoms with Crippen molar-refractivity contribution < 1.29 is 19.0 Å². The van der Waals surface area contributed by atoms with E-state index in [0.717, 1.165) is 47.4 Å². The van der Waals surface area contributed by atoms with E-state index >= 15 is 0 Å². The van der Waals surface area contributed by atoms with Crippen molar-refractivity contribution in [2.45, 2.75) is 32.4 Å². The monoisotopic (exact) mass is 395 g/mol. The van der Waals surface area contributed by atoms with Crippen LogP contribution in [0, 0.1) is 6.92 Å². The van der Waals surface area contributed by atoms with Gasteiger partial charge in [-0.2, -0.15) is 0 Å². The van der Waals surface area contributed by atoms with Gasteiger partial charge in [-0.25, -0.2) is 4.79 Å². The summed E-state index contributed by atoms with van der Waals surface area (Å²) in [5.74, 6) is 1.75. The minimum Gasteiger partial charge on any atom is -0.508 e. The normalized spacial score (nSPS) is 17.0. The number of phenolic OH excluding ortho intramolecular Hbond substituents is 1. The highest BCUT2D eigenvalue weighted by Crippen LogP contribution is 2.40. The smallest absolute Gasteiger partial charge is 0.336 e. The molecule has 152 valence electrons. The molecule has 1 saturated heterocycles. The van der Waals surface area contributed by atoms with Gasteiger partial charge in [-0.15, -0.1) is 0 Å². The average Bonchev–Trinajstić information content (AvgIpc) is 3.18. The molecule has 1 aromatic heterocycles. The summed E-state index contributed by atoms with van der Waals surface area (Å²) in [7, 11) is 3.33. The van der Waals surface area contributed by atoms with Crippen LogP contribution in [0.5, 0.6) is 17.2 Å². The van der Waals surface area contributed by atoms with Gasteiger partial charge in [0.05, 0.1) is 14.2 Å². The Balaban J connectivity index is 1.74. The number of rotatable bonds is 5. The first-order valence-electron chi connectivity index (χ1n) is 9.73. The van der Waals surface area contributed by atoms with Crippen LogP contribution in [0.15, 0.2) is 45.6 Å². The number of hydrogen-bond acceptors (Lipinski definition) is 6. The molecule has 1 atom stereocenters. The first kappa shape index (κ1) is 19.3. The van der Waals surface area contributed by atoms with E-state index in [4.69, 9.17) is 13.9 Å². The van der Waals surface area contributed by atoms with Crippen LogP contribution in [0.2, 0.25) is 0 Å². The molecule has 0 unspecified atom stereocenters. The van der Waals surface area contributed by atoms with Crippen molar-refractivity contribution in [2.24, 2.45) is 0 Å². The molecule has 1 aliphatic heterocycles. The summed E-state index contributed by atoms with van der Waals surface area (Å²) in [6.45, 7) is 3.28. The third-order valence-electron chi connectivity index (χ3n) is 5.75. The summed E-state index contributed by atoms with van der Waals surface area (Å²) in [6.07, 6.45) is 2.06. The summed E-state index contributed by atoms with van der Waals surface area (Å²) >= 11 is 0. The number of aromatic hydroxyl groups is 1. The summed E-state index contributed by atoms with van der Waals surface area (Å²) in [6, 6.07) is 11.0. The molecule has 0 amide bonds. The fraction of sp³-hybridized carbons (Fsp3) is 0.348. The van der Waals surface area contributed by atoms with Gasteiger partial charge < -0.3 is 19.0 Å². The molecule has 6 nitrogen and oxygen atoms in total. The van der Waals surface area contributed by atoms with Gasteiger partial charge in [-0.05, 0) is 62.2 Å². The molecule has 1 aliphatic rings. The summed E-state index contributed by atoms with van der Waals surface area (Å²) in [5.41, 5.74) is 2.60. The number of likely N-dealkylation sites (tertiary alicyclic amines) is 1. The molecule has 3 aromatic rings. The Hall–Kier alpha value is -2.99. The molecule has 0 radical (unpaired) electrons. The maximum Gasteiger partial charge on any atom is 0.336 e. The van der Waals surface area contributed by atoms with Gasteiger partial charge in [-0.3, -0.25) is 4.90 Å². The summed E-state index contributed by atoms with van der Waals surface area (Å²) < 4.78 is 16.4. The van der Waals surface area contributed by atoms with Gasteiger partial charge in [0.25, 0.3) is 0 Å². The van der Waals surface area contributed by atoms with Crippen LogP contribution in [0.3, 0.4) is 0 Å². The second-order valence-corrected chi connectivity index (χ2v) is 7.41. The van der Waals surface area contributed by atoms with E-state index in [0.29, 0.717) is 17.7 Å². The van der Waals surface area contributed by atoms with Crippen molar-refractivity contribution in [1.82, 2.24) is 4.90 Å². The molecule has 1 fully saturated rings. The van der Waals surface area contributed by atoms with Crippen LogP contribution in [-0.4, -0.2) is 30.8 Å². The van der Waals surface area contributed by atoms with Gasteiger partial charge >= 0.3 is 5.63 Å². The Bertz CT molecular complexity index is 1100. The molecule has 0 bridgehead atoms. The van der Waals surface area contributed by atoms with Crippen LogP contribution in [-0.2, 0) is 6.54 Å². The molecule has 2 aromatic carbocycles. The minimum atomic E-state index is -0.407. The number of methoxy groups -OCH3 is 2. The zero-order valence-electron chi connectivity index (χ0n) is 16.9. The maximum absolute atomic E-state index is 12.2. The van der Waals surface area contributed by atoms with E-state index in [1.807, 2.05) is 24.3 Å². The predicted octanol–water partition coefficient (Wildman–Crippen LogP) is 4.16. The molecule has 2 heterocycles. The number of phenols is 1. The van der Waals surface area contributed by atoms with Crippen LogP contribution in [0.4, 0.5) is 0 Å².